The predicted octanol–water partition coefficient (Wildman–Crippen LogP) is 2.80. The van der Waals surface area contributed by atoms with Gasteiger partial charge < -0.3 is 4.57 Å². The number of nitrogens with zero attached hydrogens (tertiary/aromatic N) is 5. The van der Waals surface area contributed by atoms with Crippen LogP contribution >= 0.6 is 0 Å². The fourth-order valence-electron chi connectivity index (χ4n) is 2.90. The molecule has 3 rings (SSSR count). The summed E-state index contributed by atoms with van der Waals surface area (Å²) < 4.78 is 40.0. The van der Waals surface area contributed by atoms with Crippen LogP contribution < -0.4 is 0 Å². The number of benzene rings is 1. The number of aromatic nitrogens is 4. The second kappa shape index (κ2) is 6.14. The lowest BCUT2D eigenvalue weighted by molar-refractivity contribution is 0.593. The Hall–Kier alpha value is -2.86. The molecule has 0 saturated heterocycles. The number of aryl methyl sites for hydroxylation is 1. The Kier molecular flexibility index (Phi) is 4.24. The van der Waals surface area contributed by atoms with E-state index in [0.717, 1.165) is 12.5 Å². The summed E-state index contributed by atoms with van der Waals surface area (Å²) in [5.41, 5.74) is 1.19. The van der Waals surface area contributed by atoms with E-state index < -0.39 is 20.8 Å². The maximum absolute atomic E-state index is 14.6. The quantitative estimate of drug-likeness (QED) is 0.654. The number of halogens is 1. The Morgan fingerprint density at radius 2 is 1.96 bits per heavy atom. The zero-order chi connectivity index (χ0) is 19.2. The van der Waals surface area contributed by atoms with Gasteiger partial charge in [0.1, 0.15) is 17.4 Å². The van der Waals surface area contributed by atoms with Gasteiger partial charge in [0.05, 0.1) is 23.0 Å². The van der Waals surface area contributed by atoms with Crippen LogP contribution in [0.25, 0.3) is 22.3 Å². The number of nitriles is 1. The molecule has 0 fully saturated rings. The average molecular weight is 373 g/mol. The molecule has 0 saturated carbocycles. The van der Waals surface area contributed by atoms with Crippen LogP contribution in [0.15, 0.2) is 23.5 Å². The molecule has 0 aliphatic rings. The number of hydrogen-bond acceptors (Lipinski definition) is 6. The van der Waals surface area contributed by atoms with Gasteiger partial charge in [-0.2, -0.15) is 5.26 Å². The molecule has 0 aliphatic heterocycles. The molecule has 2 heterocycles. The van der Waals surface area contributed by atoms with Crippen molar-refractivity contribution in [3.8, 4) is 17.3 Å². The highest BCUT2D eigenvalue weighted by Crippen LogP contribution is 2.30. The fourth-order valence-corrected chi connectivity index (χ4v) is 3.40. The van der Waals surface area contributed by atoms with Crippen LogP contribution in [0.2, 0.25) is 0 Å². The minimum absolute atomic E-state index is 0.0436. The van der Waals surface area contributed by atoms with Crippen molar-refractivity contribution in [2.45, 2.75) is 32.0 Å². The SMILES string of the molecule is Cc1nc2c(F)cc(-c3nc(S(C)(=O)=O)ncc3C#N)cc2n1C(C)C. The van der Waals surface area contributed by atoms with E-state index in [4.69, 9.17) is 0 Å². The van der Waals surface area contributed by atoms with Gasteiger partial charge in [0.25, 0.3) is 0 Å². The van der Waals surface area contributed by atoms with Gasteiger partial charge in [0.15, 0.2) is 5.82 Å². The lowest BCUT2D eigenvalue weighted by Gasteiger charge is -2.12. The van der Waals surface area contributed by atoms with Crippen molar-refractivity contribution in [3.63, 3.8) is 0 Å². The summed E-state index contributed by atoms with van der Waals surface area (Å²) in [6.07, 6.45) is 2.10. The minimum Gasteiger partial charge on any atom is -0.326 e. The third kappa shape index (κ3) is 2.93. The second-order valence-corrected chi connectivity index (χ2v) is 8.16. The third-order valence-corrected chi connectivity index (χ3v) is 4.79. The lowest BCUT2D eigenvalue weighted by atomic mass is 10.1. The van der Waals surface area contributed by atoms with Gasteiger partial charge in [0, 0.05) is 17.9 Å². The summed E-state index contributed by atoms with van der Waals surface area (Å²) in [5.74, 6) is 0.0921. The largest absolute Gasteiger partial charge is 0.326 e. The molecule has 0 spiro atoms. The van der Waals surface area contributed by atoms with Crippen molar-refractivity contribution in [2.24, 2.45) is 0 Å². The highest BCUT2D eigenvalue weighted by atomic mass is 32.2. The van der Waals surface area contributed by atoms with Gasteiger partial charge >= 0.3 is 0 Å². The van der Waals surface area contributed by atoms with Gasteiger partial charge in [-0.25, -0.2) is 27.8 Å². The van der Waals surface area contributed by atoms with Crippen LogP contribution in [-0.4, -0.2) is 34.2 Å². The number of fused-ring (bicyclic) bond motifs is 1. The van der Waals surface area contributed by atoms with Crippen LogP contribution in [0.4, 0.5) is 4.39 Å². The Bertz CT molecular complexity index is 1180. The molecule has 0 N–H and O–H groups in total. The minimum atomic E-state index is -3.67. The van der Waals surface area contributed by atoms with E-state index in [0.29, 0.717) is 16.9 Å². The number of hydrogen-bond donors (Lipinski definition) is 0. The fraction of sp³-hybridized carbons (Fsp3) is 0.294. The molecule has 26 heavy (non-hydrogen) atoms. The van der Waals surface area contributed by atoms with Gasteiger partial charge in [-0.15, -0.1) is 0 Å². The van der Waals surface area contributed by atoms with Crippen LogP contribution in [0.5, 0.6) is 0 Å². The molecule has 0 unspecified atom stereocenters. The van der Waals surface area contributed by atoms with Crippen LogP contribution in [-0.2, 0) is 9.84 Å². The van der Waals surface area contributed by atoms with Crippen molar-refractivity contribution < 1.29 is 12.8 Å². The molecule has 2 aromatic heterocycles. The molecule has 0 aliphatic carbocycles. The molecule has 9 heteroatoms. The lowest BCUT2D eigenvalue weighted by Crippen LogP contribution is -2.06. The summed E-state index contributed by atoms with van der Waals surface area (Å²) >= 11 is 0. The van der Waals surface area contributed by atoms with Gasteiger partial charge in [0.2, 0.25) is 15.0 Å². The maximum atomic E-state index is 14.6. The highest BCUT2D eigenvalue weighted by molar-refractivity contribution is 7.90. The van der Waals surface area contributed by atoms with Crippen molar-refractivity contribution in [1.29, 1.82) is 5.26 Å². The molecule has 0 amide bonds. The summed E-state index contributed by atoms with van der Waals surface area (Å²) in [4.78, 5) is 12.0. The zero-order valence-electron chi connectivity index (χ0n) is 14.6. The van der Waals surface area contributed by atoms with E-state index in [9.17, 15) is 18.1 Å². The normalized spacial score (nSPS) is 11.9. The molecule has 0 atom stereocenters. The summed E-state index contributed by atoms with van der Waals surface area (Å²) in [6.45, 7) is 5.68. The Balaban J connectivity index is 2.36. The van der Waals surface area contributed by atoms with E-state index in [1.54, 1.807) is 13.0 Å². The van der Waals surface area contributed by atoms with Gasteiger partial charge in [-0.1, -0.05) is 0 Å². The molecule has 0 radical (unpaired) electrons. The monoisotopic (exact) mass is 373 g/mol. The first-order valence-electron chi connectivity index (χ1n) is 7.79. The second-order valence-electron chi connectivity index (χ2n) is 6.25. The van der Waals surface area contributed by atoms with Gasteiger partial charge in [-0.3, -0.25) is 0 Å². The first kappa shape index (κ1) is 17.9. The Morgan fingerprint density at radius 3 is 2.54 bits per heavy atom. The van der Waals surface area contributed by atoms with Crippen LogP contribution in [0.1, 0.15) is 31.3 Å². The van der Waals surface area contributed by atoms with Gasteiger partial charge in [-0.05, 0) is 32.9 Å². The molecule has 7 nitrogen and oxygen atoms in total. The topological polar surface area (TPSA) is 102 Å². The molecule has 0 bridgehead atoms. The molecular weight excluding hydrogens is 357 g/mol. The van der Waals surface area contributed by atoms with Crippen molar-refractivity contribution in [3.05, 3.63) is 35.5 Å². The average Bonchev–Trinajstić information content (AvgIpc) is 2.90. The smallest absolute Gasteiger partial charge is 0.247 e. The van der Waals surface area contributed by atoms with E-state index in [1.807, 2.05) is 24.5 Å². The Morgan fingerprint density at radius 1 is 1.27 bits per heavy atom. The summed E-state index contributed by atoms with van der Waals surface area (Å²) in [6, 6.07) is 4.83. The Labute approximate surface area is 150 Å². The van der Waals surface area contributed by atoms with Crippen molar-refractivity contribution in [1.82, 2.24) is 19.5 Å². The van der Waals surface area contributed by atoms with Crippen LogP contribution in [0, 0.1) is 24.1 Å². The molecule has 1 aromatic carbocycles. The maximum Gasteiger partial charge on any atom is 0.247 e. The highest BCUT2D eigenvalue weighted by Gasteiger charge is 2.20. The molecule has 3 aromatic rings. The molecule has 134 valence electrons. The molecular formula is C17H16FN5O2S. The standard InChI is InChI=1S/C17H16FN5O2S/c1-9(2)23-10(3)21-16-13(18)5-11(6-14(16)23)15-12(7-19)8-20-17(22-15)26(4,24)25/h5-6,8-9H,1-4H3. The first-order valence-corrected chi connectivity index (χ1v) is 9.68. The number of sulfone groups is 1. The summed E-state index contributed by atoms with van der Waals surface area (Å²) in [5, 5.41) is 8.90. The van der Waals surface area contributed by atoms with E-state index >= 15 is 0 Å². The van der Waals surface area contributed by atoms with Crippen LogP contribution in [0.3, 0.4) is 0 Å². The number of imidazole rings is 1. The van der Waals surface area contributed by atoms with E-state index in [2.05, 4.69) is 15.0 Å². The predicted molar refractivity (Wildman–Crippen MR) is 93.7 cm³/mol. The first-order chi connectivity index (χ1) is 12.1. The third-order valence-electron chi connectivity index (χ3n) is 3.93. The van der Waals surface area contributed by atoms with E-state index in [-0.39, 0.29) is 22.8 Å². The van der Waals surface area contributed by atoms with Crippen molar-refractivity contribution in [2.75, 3.05) is 6.26 Å². The number of rotatable bonds is 3. The zero-order valence-corrected chi connectivity index (χ0v) is 15.5. The summed E-state index contributed by atoms with van der Waals surface area (Å²) in [7, 11) is -3.67. The van der Waals surface area contributed by atoms with E-state index in [1.165, 1.54) is 6.07 Å². The van der Waals surface area contributed by atoms with Crippen molar-refractivity contribution >= 4 is 20.9 Å².